The zero-order valence-corrected chi connectivity index (χ0v) is 14.7. The van der Waals surface area contributed by atoms with Crippen LogP contribution >= 0.6 is 23.1 Å². The van der Waals surface area contributed by atoms with Crippen LogP contribution in [0.1, 0.15) is 6.42 Å². The van der Waals surface area contributed by atoms with E-state index in [1.165, 1.54) is 0 Å². The molecule has 23 heavy (non-hydrogen) atoms. The van der Waals surface area contributed by atoms with Gasteiger partial charge in [0.15, 0.2) is 5.96 Å². The molecule has 0 aliphatic heterocycles. The smallest absolute Gasteiger partial charge is 0.193 e. The van der Waals surface area contributed by atoms with E-state index in [2.05, 4.69) is 15.3 Å². The Morgan fingerprint density at radius 3 is 2.96 bits per heavy atom. The van der Waals surface area contributed by atoms with Gasteiger partial charge >= 0.3 is 0 Å². The number of methoxy groups -OCH3 is 2. The fourth-order valence-electron chi connectivity index (χ4n) is 1.79. The van der Waals surface area contributed by atoms with Gasteiger partial charge in [0.25, 0.3) is 0 Å². The summed E-state index contributed by atoms with van der Waals surface area (Å²) in [6, 6.07) is 5.46. The van der Waals surface area contributed by atoms with Gasteiger partial charge in [0.1, 0.15) is 15.8 Å². The average Bonchev–Trinajstić information content (AvgIpc) is 3.07. The molecular formula is C15H20N4O2S2. The SMILES string of the molecule is COc1ccc(OC)c(NC(N)=NCCCSc2nccs2)c1. The summed E-state index contributed by atoms with van der Waals surface area (Å²) in [5.74, 6) is 2.73. The van der Waals surface area contributed by atoms with Gasteiger partial charge < -0.3 is 20.5 Å². The van der Waals surface area contributed by atoms with Crippen LogP contribution in [0.15, 0.2) is 39.1 Å². The maximum absolute atomic E-state index is 5.92. The van der Waals surface area contributed by atoms with Gasteiger partial charge in [0.2, 0.25) is 0 Å². The van der Waals surface area contributed by atoms with Crippen LogP contribution in [0.4, 0.5) is 5.69 Å². The number of thiazole rings is 1. The molecule has 0 unspecified atom stereocenters. The summed E-state index contributed by atoms with van der Waals surface area (Å²) in [5, 5.41) is 5.02. The van der Waals surface area contributed by atoms with Crippen LogP contribution in [-0.2, 0) is 0 Å². The van der Waals surface area contributed by atoms with Crippen molar-refractivity contribution < 1.29 is 9.47 Å². The number of nitrogens with zero attached hydrogens (tertiary/aromatic N) is 2. The summed E-state index contributed by atoms with van der Waals surface area (Å²) in [5.41, 5.74) is 6.65. The van der Waals surface area contributed by atoms with Crippen LogP contribution < -0.4 is 20.5 Å². The summed E-state index contributed by atoms with van der Waals surface area (Å²) in [4.78, 5) is 8.55. The highest BCUT2D eigenvalue weighted by atomic mass is 32.2. The predicted molar refractivity (Wildman–Crippen MR) is 97.1 cm³/mol. The quantitative estimate of drug-likeness (QED) is 0.329. The van der Waals surface area contributed by atoms with Crippen molar-refractivity contribution in [3.63, 3.8) is 0 Å². The number of nitrogens with one attached hydrogen (secondary N) is 1. The van der Waals surface area contributed by atoms with Gasteiger partial charge in [-0.05, 0) is 18.6 Å². The molecule has 0 bridgehead atoms. The molecule has 2 aromatic rings. The average molecular weight is 352 g/mol. The monoisotopic (exact) mass is 352 g/mol. The van der Waals surface area contributed by atoms with Crippen molar-refractivity contribution in [1.82, 2.24) is 4.98 Å². The van der Waals surface area contributed by atoms with E-state index in [1.807, 2.05) is 29.8 Å². The molecule has 3 N–H and O–H groups in total. The Kier molecular flexibility index (Phi) is 7.02. The summed E-state index contributed by atoms with van der Waals surface area (Å²) < 4.78 is 11.6. The Morgan fingerprint density at radius 2 is 2.26 bits per heavy atom. The normalized spacial score (nSPS) is 11.3. The lowest BCUT2D eigenvalue weighted by molar-refractivity contribution is 0.405. The largest absolute Gasteiger partial charge is 0.497 e. The van der Waals surface area contributed by atoms with Gasteiger partial charge in [-0.1, -0.05) is 11.8 Å². The number of thioether (sulfide) groups is 1. The van der Waals surface area contributed by atoms with Crippen molar-refractivity contribution in [3.8, 4) is 11.5 Å². The van der Waals surface area contributed by atoms with E-state index in [1.54, 1.807) is 37.3 Å². The highest BCUT2D eigenvalue weighted by molar-refractivity contribution is 8.00. The van der Waals surface area contributed by atoms with Crippen LogP contribution in [0.3, 0.4) is 0 Å². The van der Waals surface area contributed by atoms with Gasteiger partial charge in [0.05, 0.1) is 19.9 Å². The number of anilines is 1. The minimum Gasteiger partial charge on any atom is -0.497 e. The summed E-state index contributed by atoms with van der Waals surface area (Å²) in [6.45, 7) is 0.656. The molecule has 1 aromatic heterocycles. The van der Waals surface area contributed by atoms with Gasteiger partial charge in [-0.3, -0.25) is 4.99 Å². The maximum Gasteiger partial charge on any atom is 0.193 e. The van der Waals surface area contributed by atoms with E-state index >= 15 is 0 Å². The fourth-order valence-corrected chi connectivity index (χ4v) is 3.43. The topological polar surface area (TPSA) is 81.8 Å². The third kappa shape index (κ3) is 5.65. The fraction of sp³-hybridized carbons (Fsp3) is 0.333. The standard InChI is InChI=1S/C15H20N4O2S2/c1-20-11-4-5-13(21-2)12(10-11)19-14(16)17-6-3-8-22-15-18-7-9-23-15/h4-5,7,9-10H,3,6,8H2,1-2H3,(H3,16,17,19). The van der Waals surface area contributed by atoms with E-state index in [0.29, 0.717) is 18.3 Å². The van der Waals surface area contributed by atoms with Gasteiger partial charge in [0, 0.05) is 29.9 Å². The van der Waals surface area contributed by atoms with Gasteiger partial charge in [-0.25, -0.2) is 4.98 Å². The highest BCUT2D eigenvalue weighted by Crippen LogP contribution is 2.28. The Hall–Kier alpha value is -1.93. The number of ether oxygens (including phenoxy) is 2. The zero-order chi connectivity index (χ0) is 16.5. The number of aliphatic imine (C=N–C) groups is 1. The first-order valence-corrected chi connectivity index (χ1v) is 8.90. The lowest BCUT2D eigenvalue weighted by Gasteiger charge is -2.12. The lowest BCUT2D eigenvalue weighted by Crippen LogP contribution is -2.23. The second-order valence-electron chi connectivity index (χ2n) is 4.46. The number of nitrogens with two attached hydrogens (primary N) is 1. The Labute approximate surface area is 144 Å². The molecule has 6 nitrogen and oxygen atoms in total. The van der Waals surface area contributed by atoms with Crippen molar-refractivity contribution in [3.05, 3.63) is 29.8 Å². The van der Waals surface area contributed by atoms with Crippen molar-refractivity contribution in [2.75, 3.05) is 31.8 Å². The van der Waals surface area contributed by atoms with Crippen molar-refractivity contribution in [1.29, 1.82) is 0 Å². The zero-order valence-electron chi connectivity index (χ0n) is 13.1. The van der Waals surface area contributed by atoms with Crippen LogP contribution in [0.2, 0.25) is 0 Å². The Balaban J connectivity index is 1.82. The minimum absolute atomic E-state index is 0.357. The molecular weight excluding hydrogens is 332 g/mol. The minimum atomic E-state index is 0.357. The molecule has 0 radical (unpaired) electrons. The Bertz CT molecular complexity index is 632. The first kappa shape index (κ1) is 17.4. The molecule has 0 spiro atoms. The van der Waals surface area contributed by atoms with Crippen molar-refractivity contribution in [2.45, 2.75) is 10.8 Å². The van der Waals surface area contributed by atoms with Crippen LogP contribution in [0, 0.1) is 0 Å². The lowest BCUT2D eigenvalue weighted by atomic mass is 10.2. The molecule has 0 saturated heterocycles. The molecule has 2 rings (SSSR count). The van der Waals surface area contributed by atoms with E-state index in [0.717, 1.165) is 28.0 Å². The number of benzene rings is 1. The molecule has 0 saturated carbocycles. The van der Waals surface area contributed by atoms with Crippen LogP contribution in [0.25, 0.3) is 0 Å². The summed E-state index contributed by atoms with van der Waals surface area (Å²) >= 11 is 3.38. The third-order valence-corrected chi connectivity index (χ3v) is 4.94. The molecule has 1 heterocycles. The van der Waals surface area contributed by atoms with Crippen molar-refractivity contribution in [2.24, 2.45) is 10.7 Å². The number of hydrogen-bond acceptors (Lipinski definition) is 6. The second kappa shape index (κ2) is 9.26. The number of hydrogen-bond donors (Lipinski definition) is 2. The van der Waals surface area contributed by atoms with E-state index in [-0.39, 0.29) is 0 Å². The van der Waals surface area contributed by atoms with E-state index < -0.39 is 0 Å². The highest BCUT2D eigenvalue weighted by Gasteiger charge is 2.06. The number of aromatic nitrogens is 1. The molecule has 0 atom stereocenters. The summed E-state index contributed by atoms with van der Waals surface area (Å²) in [7, 11) is 3.22. The van der Waals surface area contributed by atoms with E-state index in [9.17, 15) is 0 Å². The molecule has 0 aliphatic carbocycles. The first-order chi connectivity index (χ1) is 11.2. The molecule has 0 fully saturated rings. The first-order valence-electron chi connectivity index (χ1n) is 7.04. The van der Waals surface area contributed by atoms with Crippen LogP contribution in [-0.4, -0.2) is 37.5 Å². The van der Waals surface area contributed by atoms with Crippen molar-refractivity contribution >= 4 is 34.7 Å². The third-order valence-electron chi connectivity index (χ3n) is 2.89. The van der Waals surface area contributed by atoms with Gasteiger partial charge in [-0.2, -0.15) is 0 Å². The van der Waals surface area contributed by atoms with E-state index in [4.69, 9.17) is 15.2 Å². The molecule has 124 valence electrons. The molecule has 0 amide bonds. The molecule has 8 heteroatoms. The number of rotatable bonds is 8. The number of guanidine groups is 1. The second-order valence-corrected chi connectivity index (χ2v) is 6.69. The Morgan fingerprint density at radius 1 is 1.39 bits per heavy atom. The predicted octanol–water partition coefficient (Wildman–Crippen LogP) is 3.07. The summed E-state index contributed by atoms with van der Waals surface area (Å²) in [6.07, 6.45) is 2.75. The molecule has 1 aromatic carbocycles. The molecule has 0 aliphatic rings. The van der Waals surface area contributed by atoms with Crippen LogP contribution in [0.5, 0.6) is 11.5 Å². The maximum atomic E-state index is 5.92. The van der Waals surface area contributed by atoms with Gasteiger partial charge in [-0.15, -0.1) is 11.3 Å².